The number of hydrogen-bond donors (Lipinski definition) is 1. The number of pyridine rings is 1. The Labute approximate surface area is 119 Å². The zero-order valence-electron chi connectivity index (χ0n) is 11.4. The fourth-order valence-corrected chi connectivity index (χ4v) is 2.71. The Kier molecular flexibility index (Phi) is 4.77. The van der Waals surface area contributed by atoms with Gasteiger partial charge in [0.25, 0.3) is 5.91 Å². The molecular formula is C14H20ClN3O. The van der Waals surface area contributed by atoms with Crippen molar-refractivity contribution in [3.05, 3.63) is 29.0 Å². The Morgan fingerprint density at radius 2 is 2.05 bits per heavy atom. The largest absolute Gasteiger partial charge is 0.337 e. The zero-order chi connectivity index (χ0) is 13.8. The number of aromatic nitrogens is 1. The number of nitrogens with one attached hydrogen (secondary N) is 1. The highest BCUT2D eigenvalue weighted by molar-refractivity contribution is 6.30. The average Bonchev–Trinajstić information content (AvgIpc) is 2.46. The van der Waals surface area contributed by atoms with Crippen molar-refractivity contribution in [2.45, 2.75) is 37.8 Å². The molecule has 0 saturated heterocycles. The van der Waals surface area contributed by atoms with Gasteiger partial charge in [-0.25, -0.2) is 4.98 Å². The highest BCUT2D eigenvalue weighted by Gasteiger charge is 2.26. The summed E-state index contributed by atoms with van der Waals surface area (Å²) < 4.78 is 0. The van der Waals surface area contributed by atoms with E-state index in [0.717, 1.165) is 25.7 Å². The summed E-state index contributed by atoms with van der Waals surface area (Å²) in [4.78, 5) is 18.2. The van der Waals surface area contributed by atoms with Gasteiger partial charge >= 0.3 is 0 Å². The smallest absolute Gasteiger partial charge is 0.272 e. The van der Waals surface area contributed by atoms with E-state index in [0.29, 0.717) is 22.8 Å². The van der Waals surface area contributed by atoms with Gasteiger partial charge in [0, 0.05) is 25.3 Å². The van der Waals surface area contributed by atoms with Crippen LogP contribution >= 0.6 is 11.6 Å². The molecule has 104 valence electrons. The molecule has 4 nitrogen and oxygen atoms in total. The molecule has 1 aromatic heterocycles. The molecule has 19 heavy (non-hydrogen) atoms. The van der Waals surface area contributed by atoms with Crippen molar-refractivity contribution in [2.24, 2.45) is 0 Å². The number of carbonyl (C=O) groups excluding carboxylic acids is 1. The molecule has 0 aliphatic heterocycles. The van der Waals surface area contributed by atoms with E-state index in [1.807, 2.05) is 19.0 Å². The van der Waals surface area contributed by atoms with Crippen LogP contribution in [0.5, 0.6) is 0 Å². The molecule has 1 heterocycles. The summed E-state index contributed by atoms with van der Waals surface area (Å²) in [5, 5.41) is 3.85. The minimum Gasteiger partial charge on any atom is -0.337 e. The fraction of sp³-hybridized carbons (Fsp3) is 0.571. The van der Waals surface area contributed by atoms with Gasteiger partial charge in [-0.05, 0) is 44.9 Å². The van der Waals surface area contributed by atoms with Crippen LogP contribution in [0.4, 0.5) is 0 Å². The molecule has 0 atom stereocenters. The third-order valence-electron chi connectivity index (χ3n) is 3.92. The molecule has 1 fully saturated rings. The first-order valence-electron chi connectivity index (χ1n) is 6.67. The van der Waals surface area contributed by atoms with Gasteiger partial charge in [0.05, 0.1) is 5.02 Å². The van der Waals surface area contributed by atoms with Gasteiger partial charge < -0.3 is 10.2 Å². The lowest BCUT2D eigenvalue weighted by Gasteiger charge is -2.34. The van der Waals surface area contributed by atoms with Gasteiger partial charge in [0.1, 0.15) is 5.69 Å². The van der Waals surface area contributed by atoms with Crippen molar-refractivity contribution in [2.75, 3.05) is 14.1 Å². The molecule has 1 saturated carbocycles. The van der Waals surface area contributed by atoms with Gasteiger partial charge in [-0.1, -0.05) is 11.6 Å². The zero-order valence-corrected chi connectivity index (χ0v) is 12.2. The second kappa shape index (κ2) is 6.35. The third kappa shape index (κ3) is 3.45. The Bertz CT molecular complexity index is 427. The number of nitrogens with zero attached hydrogens (tertiary/aromatic N) is 2. The topological polar surface area (TPSA) is 45.2 Å². The number of halogens is 1. The van der Waals surface area contributed by atoms with Crippen LogP contribution in [-0.4, -0.2) is 42.0 Å². The van der Waals surface area contributed by atoms with E-state index in [9.17, 15) is 4.79 Å². The van der Waals surface area contributed by atoms with E-state index < -0.39 is 0 Å². The van der Waals surface area contributed by atoms with Crippen LogP contribution < -0.4 is 5.32 Å². The van der Waals surface area contributed by atoms with Crippen LogP contribution in [0.25, 0.3) is 0 Å². The lowest BCUT2D eigenvalue weighted by molar-refractivity contribution is 0.0680. The Morgan fingerprint density at radius 3 is 2.58 bits per heavy atom. The van der Waals surface area contributed by atoms with E-state index >= 15 is 0 Å². The van der Waals surface area contributed by atoms with Gasteiger partial charge in [-0.3, -0.25) is 4.79 Å². The minimum absolute atomic E-state index is 0.0235. The molecule has 1 aromatic rings. The fourth-order valence-electron chi connectivity index (χ4n) is 2.60. The maximum Gasteiger partial charge on any atom is 0.272 e. The summed E-state index contributed by atoms with van der Waals surface area (Å²) in [6.07, 6.45) is 5.84. The lowest BCUT2D eigenvalue weighted by Crippen LogP contribution is -2.42. The predicted octanol–water partition coefficient (Wildman–Crippen LogP) is 2.34. The number of amides is 1. The molecular weight excluding hydrogens is 262 g/mol. The Hall–Kier alpha value is -1.13. The maximum atomic E-state index is 12.3. The molecule has 1 aliphatic carbocycles. The molecule has 0 spiro atoms. The van der Waals surface area contributed by atoms with Crippen LogP contribution in [0.2, 0.25) is 5.02 Å². The van der Waals surface area contributed by atoms with Crippen LogP contribution in [0.15, 0.2) is 18.3 Å². The van der Waals surface area contributed by atoms with Crippen LogP contribution in [0.1, 0.15) is 36.2 Å². The van der Waals surface area contributed by atoms with Gasteiger partial charge in [-0.15, -0.1) is 0 Å². The summed E-state index contributed by atoms with van der Waals surface area (Å²) in [6, 6.07) is 4.29. The van der Waals surface area contributed by atoms with Crippen molar-refractivity contribution in [3.8, 4) is 0 Å². The van der Waals surface area contributed by atoms with Crippen LogP contribution in [-0.2, 0) is 0 Å². The molecule has 0 radical (unpaired) electrons. The summed E-state index contributed by atoms with van der Waals surface area (Å²) in [7, 11) is 3.86. The molecule has 0 unspecified atom stereocenters. The first-order valence-corrected chi connectivity index (χ1v) is 7.05. The summed E-state index contributed by atoms with van der Waals surface area (Å²) in [5.74, 6) is -0.0235. The van der Waals surface area contributed by atoms with Crippen molar-refractivity contribution < 1.29 is 4.79 Å². The van der Waals surface area contributed by atoms with E-state index in [1.54, 1.807) is 12.1 Å². The molecule has 1 N–H and O–H groups in total. The van der Waals surface area contributed by atoms with Crippen LogP contribution in [0, 0.1) is 0 Å². The molecule has 5 heteroatoms. The van der Waals surface area contributed by atoms with Gasteiger partial charge in [0.15, 0.2) is 0 Å². The second-order valence-corrected chi connectivity index (χ2v) is 5.51. The number of hydrogen-bond acceptors (Lipinski definition) is 3. The summed E-state index contributed by atoms with van der Waals surface area (Å²) >= 11 is 5.78. The normalized spacial score (nSPS) is 23.1. The maximum absolute atomic E-state index is 12.3. The van der Waals surface area contributed by atoms with Crippen molar-refractivity contribution in [1.82, 2.24) is 15.2 Å². The predicted molar refractivity (Wildman–Crippen MR) is 76.4 cm³/mol. The molecule has 2 rings (SSSR count). The highest BCUT2D eigenvalue weighted by atomic mass is 35.5. The van der Waals surface area contributed by atoms with Gasteiger partial charge in [0.2, 0.25) is 0 Å². The second-order valence-electron chi connectivity index (χ2n) is 5.07. The molecule has 1 aliphatic rings. The first-order chi connectivity index (χ1) is 9.11. The van der Waals surface area contributed by atoms with E-state index in [4.69, 9.17) is 11.6 Å². The quantitative estimate of drug-likeness (QED) is 0.925. The highest BCUT2D eigenvalue weighted by Crippen LogP contribution is 2.23. The van der Waals surface area contributed by atoms with Crippen molar-refractivity contribution >= 4 is 17.5 Å². The first kappa shape index (κ1) is 14.3. The van der Waals surface area contributed by atoms with Gasteiger partial charge in [-0.2, -0.15) is 0 Å². The van der Waals surface area contributed by atoms with Crippen molar-refractivity contribution in [1.29, 1.82) is 0 Å². The Balaban J connectivity index is 1.98. The van der Waals surface area contributed by atoms with E-state index in [-0.39, 0.29) is 5.91 Å². The van der Waals surface area contributed by atoms with Crippen molar-refractivity contribution in [3.63, 3.8) is 0 Å². The molecule has 1 amide bonds. The SMILES string of the molecule is CNC1CCC(N(C)C(=O)c2ccc(Cl)cn2)CC1. The standard InChI is InChI=1S/C14H20ClN3O/c1-16-11-4-6-12(7-5-11)18(2)14(19)13-8-3-10(15)9-17-13/h3,8-9,11-12,16H,4-7H2,1-2H3. The monoisotopic (exact) mass is 281 g/mol. The Morgan fingerprint density at radius 1 is 1.37 bits per heavy atom. The number of rotatable bonds is 3. The number of carbonyl (C=O) groups is 1. The third-order valence-corrected chi connectivity index (χ3v) is 4.14. The minimum atomic E-state index is -0.0235. The van der Waals surface area contributed by atoms with E-state index in [1.165, 1.54) is 6.20 Å². The molecule has 0 bridgehead atoms. The van der Waals surface area contributed by atoms with E-state index in [2.05, 4.69) is 10.3 Å². The average molecular weight is 282 g/mol. The summed E-state index contributed by atoms with van der Waals surface area (Å²) in [5.41, 5.74) is 0.461. The van der Waals surface area contributed by atoms with Crippen LogP contribution in [0.3, 0.4) is 0 Å². The molecule has 0 aromatic carbocycles. The lowest BCUT2D eigenvalue weighted by atomic mass is 9.90. The summed E-state index contributed by atoms with van der Waals surface area (Å²) in [6.45, 7) is 0.